The van der Waals surface area contributed by atoms with Crippen molar-refractivity contribution in [2.75, 3.05) is 32.7 Å². The Bertz CT molecular complexity index is 311. The van der Waals surface area contributed by atoms with Gasteiger partial charge in [-0.05, 0) is 25.7 Å². The first-order valence-electron chi connectivity index (χ1n) is 6.39. The molecule has 5 nitrogen and oxygen atoms in total. The Morgan fingerprint density at radius 1 is 1.35 bits per heavy atom. The normalized spacial score (nSPS) is 24.2. The SMILES string of the molecule is N#CC1(NC(=O)CN2CCNCC2)CCCC1. The van der Waals surface area contributed by atoms with Crippen molar-refractivity contribution in [3.05, 3.63) is 0 Å². The molecule has 1 saturated carbocycles. The van der Waals surface area contributed by atoms with Crippen LogP contribution in [0.3, 0.4) is 0 Å². The van der Waals surface area contributed by atoms with E-state index in [1.54, 1.807) is 0 Å². The van der Waals surface area contributed by atoms with Gasteiger partial charge in [0.05, 0.1) is 12.6 Å². The minimum Gasteiger partial charge on any atom is -0.337 e. The molecule has 2 aliphatic rings. The van der Waals surface area contributed by atoms with Crippen molar-refractivity contribution in [3.8, 4) is 6.07 Å². The molecule has 0 aromatic rings. The van der Waals surface area contributed by atoms with E-state index in [9.17, 15) is 10.1 Å². The number of nitriles is 1. The Hall–Kier alpha value is -1.12. The van der Waals surface area contributed by atoms with Crippen LogP contribution in [0.15, 0.2) is 0 Å². The molecule has 5 heteroatoms. The van der Waals surface area contributed by atoms with Gasteiger partial charge in [0.2, 0.25) is 5.91 Å². The maximum Gasteiger partial charge on any atom is 0.235 e. The van der Waals surface area contributed by atoms with Gasteiger partial charge in [0.25, 0.3) is 0 Å². The largest absolute Gasteiger partial charge is 0.337 e. The number of rotatable bonds is 3. The summed E-state index contributed by atoms with van der Waals surface area (Å²) in [6, 6.07) is 2.28. The second kappa shape index (κ2) is 5.48. The number of hydrogen-bond donors (Lipinski definition) is 2. The topological polar surface area (TPSA) is 68.2 Å². The summed E-state index contributed by atoms with van der Waals surface area (Å²) >= 11 is 0. The molecule has 17 heavy (non-hydrogen) atoms. The maximum atomic E-state index is 11.9. The van der Waals surface area contributed by atoms with Gasteiger partial charge in [-0.15, -0.1) is 0 Å². The van der Waals surface area contributed by atoms with Gasteiger partial charge in [0.1, 0.15) is 5.54 Å². The molecule has 2 fully saturated rings. The molecule has 0 spiro atoms. The Balaban J connectivity index is 1.82. The third-order valence-electron chi connectivity index (χ3n) is 3.63. The van der Waals surface area contributed by atoms with Gasteiger partial charge in [-0.3, -0.25) is 9.69 Å². The van der Waals surface area contributed by atoms with Crippen LogP contribution in [0, 0.1) is 11.3 Å². The monoisotopic (exact) mass is 236 g/mol. The van der Waals surface area contributed by atoms with Crippen molar-refractivity contribution in [3.63, 3.8) is 0 Å². The smallest absolute Gasteiger partial charge is 0.235 e. The van der Waals surface area contributed by atoms with E-state index >= 15 is 0 Å². The highest BCUT2D eigenvalue weighted by Crippen LogP contribution is 2.28. The second-order valence-corrected chi connectivity index (χ2v) is 4.98. The Morgan fingerprint density at radius 3 is 2.59 bits per heavy atom. The molecule has 1 aliphatic carbocycles. The molecule has 0 atom stereocenters. The number of piperazine rings is 1. The number of nitrogens with one attached hydrogen (secondary N) is 2. The molecule has 0 unspecified atom stereocenters. The fourth-order valence-electron chi connectivity index (χ4n) is 2.62. The van der Waals surface area contributed by atoms with Gasteiger partial charge in [-0.2, -0.15) is 5.26 Å². The fourth-order valence-corrected chi connectivity index (χ4v) is 2.62. The van der Waals surface area contributed by atoms with Gasteiger partial charge < -0.3 is 10.6 Å². The summed E-state index contributed by atoms with van der Waals surface area (Å²) in [4.78, 5) is 14.0. The van der Waals surface area contributed by atoms with E-state index in [4.69, 9.17) is 0 Å². The quantitative estimate of drug-likeness (QED) is 0.715. The van der Waals surface area contributed by atoms with Gasteiger partial charge in [-0.25, -0.2) is 0 Å². The van der Waals surface area contributed by atoms with E-state index in [2.05, 4.69) is 21.6 Å². The summed E-state index contributed by atoms with van der Waals surface area (Å²) in [6.45, 7) is 4.12. The number of nitrogens with zero attached hydrogens (tertiary/aromatic N) is 2. The summed E-state index contributed by atoms with van der Waals surface area (Å²) in [5, 5.41) is 15.4. The summed E-state index contributed by atoms with van der Waals surface area (Å²) in [5.41, 5.74) is -0.578. The lowest BCUT2D eigenvalue weighted by Crippen LogP contribution is -2.52. The lowest BCUT2D eigenvalue weighted by molar-refractivity contribution is -0.123. The first kappa shape index (κ1) is 12.3. The van der Waals surface area contributed by atoms with Crippen LogP contribution in [-0.4, -0.2) is 49.1 Å². The van der Waals surface area contributed by atoms with E-state index in [0.29, 0.717) is 6.54 Å². The third kappa shape index (κ3) is 3.18. The zero-order chi connectivity index (χ0) is 12.1. The highest BCUT2D eigenvalue weighted by molar-refractivity contribution is 5.79. The van der Waals surface area contributed by atoms with Gasteiger partial charge in [-0.1, -0.05) is 0 Å². The number of carbonyl (C=O) groups is 1. The molecule has 1 heterocycles. The molecular weight excluding hydrogens is 216 g/mol. The molecule has 2 rings (SSSR count). The molecule has 2 N–H and O–H groups in total. The molecule has 1 saturated heterocycles. The number of amides is 1. The Kier molecular flexibility index (Phi) is 3.97. The van der Waals surface area contributed by atoms with Crippen molar-refractivity contribution in [2.24, 2.45) is 0 Å². The first-order valence-corrected chi connectivity index (χ1v) is 6.39. The molecule has 94 valence electrons. The van der Waals surface area contributed by atoms with Crippen LogP contribution in [0.4, 0.5) is 0 Å². The maximum absolute atomic E-state index is 11.9. The first-order chi connectivity index (χ1) is 8.24. The zero-order valence-corrected chi connectivity index (χ0v) is 10.2. The average molecular weight is 236 g/mol. The number of hydrogen-bond acceptors (Lipinski definition) is 4. The zero-order valence-electron chi connectivity index (χ0n) is 10.2. The highest BCUT2D eigenvalue weighted by atomic mass is 16.2. The van der Waals surface area contributed by atoms with E-state index in [0.717, 1.165) is 51.9 Å². The molecule has 0 aromatic carbocycles. The fraction of sp³-hybridized carbons (Fsp3) is 0.833. The lowest BCUT2D eigenvalue weighted by Gasteiger charge is -2.28. The second-order valence-electron chi connectivity index (χ2n) is 4.98. The molecule has 1 aliphatic heterocycles. The standard InChI is InChI=1S/C12H20N4O/c13-10-12(3-1-2-4-12)15-11(17)9-16-7-5-14-6-8-16/h14H,1-9H2,(H,15,17). The van der Waals surface area contributed by atoms with Crippen LogP contribution in [0.1, 0.15) is 25.7 Å². The van der Waals surface area contributed by atoms with Crippen LogP contribution in [0.2, 0.25) is 0 Å². The van der Waals surface area contributed by atoms with Gasteiger partial charge >= 0.3 is 0 Å². The summed E-state index contributed by atoms with van der Waals surface area (Å²) in [6.07, 6.45) is 3.69. The summed E-state index contributed by atoms with van der Waals surface area (Å²) in [5.74, 6) is -0.00431. The minimum absolute atomic E-state index is 0.00431. The molecule has 1 amide bonds. The Labute approximate surface area is 102 Å². The molecule has 0 aromatic heterocycles. The van der Waals surface area contributed by atoms with Crippen molar-refractivity contribution < 1.29 is 4.79 Å². The van der Waals surface area contributed by atoms with Gasteiger partial charge in [0, 0.05) is 26.2 Å². The van der Waals surface area contributed by atoms with E-state index in [-0.39, 0.29) is 5.91 Å². The molecule has 0 radical (unpaired) electrons. The van der Waals surface area contributed by atoms with Crippen LogP contribution in [0.25, 0.3) is 0 Å². The third-order valence-corrected chi connectivity index (χ3v) is 3.63. The van der Waals surface area contributed by atoms with E-state index in [1.165, 1.54) is 0 Å². The van der Waals surface area contributed by atoms with Crippen LogP contribution >= 0.6 is 0 Å². The predicted molar refractivity (Wildman–Crippen MR) is 64.3 cm³/mol. The minimum atomic E-state index is -0.578. The van der Waals surface area contributed by atoms with E-state index < -0.39 is 5.54 Å². The van der Waals surface area contributed by atoms with Gasteiger partial charge in [0.15, 0.2) is 0 Å². The lowest BCUT2D eigenvalue weighted by atomic mass is 10.00. The van der Waals surface area contributed by atoms with Crippen molar-refractivity contribution in [2.45, 2.75) is 31.2 Å². The molecular formula is C12H20N4O. The van der Waals surface area contributed by atoms with Crippen molar-refractivity contribution in [1.82, 2.24) is 15.5 Å². The summed E-state index contributed by atoms with van der Waals surface area (Å²) in [7, 11) is 0. The van der Waals surface area contributed by atoms with Crippen LogP contribution in [-0.2, 0) is 4.79 Å². The van der Waals surface area contributed by atoms with E-state index in [1.807, 2.05) is 0 Å². The summed E-state index contributed by atoms with van der Waals surface area (Å²) < 4.78 is 0. The van der Waals surface area contributed by atoms with Crippen LogP contribution in [0.5, 0.6) is 0 Å². The predicted octanol–water partition coefficient (Wildman–Crippen LogP) is -0.156. The number of carbonyl (C=O) groups excluding carboxylic acids is 1. The van der Waals surface area contributed by atoms with Crippen molar-refractivity contribution in [1.29, 1.82) is 5.26 Å². The highest BCUT2D eigenvalue weighted by Gasteiger charge is 2.35. The molecule has 0 bridgehead atoms. The average Bonchev–Trinajstić information content (AvgIpc) is 2.79. The Morgan fingerprint density at radius 2 is 2.00 bits per heavy atom. The van der Waals surface area contributed by atoms with Crippen LogP contribution < -0.4 is 10.6 Å². The van der Waals surface area contributed by atoms with Crippen molar-refractivity contribution >= 4 is 5.91 Å².